The Morgan fingerprint density at radius 2 is 2.05 bits per heavy atom. The monoisotopic (exact) mass is 419 g/mol. The van der Waals surface area contributed by atoms with Crippen LogP contribution in [0.4, 0.5) is 0 Å². The van der Waals surface area contributed by atoms with E-state index < -0.39 is 0 Å². The lowest BCUT2D eigenvalue weighted by atomic mass is 10.2. The maximum absolute atomic E-state index is 12.3. The summed E-state index contributed by atoms with van der Waals surface area (Å²) >= 11 is 3.65. The molecule has 1 amide bonds. The quantitative estimate of drug-likeness (QED) is 0.699. The molecule has 2 aromatic rings. The number of carbonyl (C=O) groups is 1. The van der Waals surface area contributed by atoms with Crippen LogP contribution in [0.1, 0.15) is 15.9 Å². The van der Waals surface area contributed by atoms with Gasteiger partial charge in [0, 0.05) is 32.7 Å². The molecule has 0 saturated heterocycles. The highest BCUT2D eigenvalue weighted by molar-refractivity contribution is 14.1. The second-order valence-electron chi connectivity index (χ2n) is 4.71. The predicted molar refractivity (Wildman–Crippen MR) is 89.8 cm³/mol. The molecule has 21 heavy (non-hydrogen) atoms. The van der Waals surface area contributed by atoms with Gasteiger partial charge in [-0.25, -0.2) is 4.79 Å². The van der Waals surface area contributed by atoms with Crippen LogP contribution in [-0.2, 0) is 20.6 Å². The van der Waals surface area contributed by atoms with Crippen molar-refractivity contribution in [3.8, 4) is 0 Å². The zero-order chi connectivity index (χ0) is 15.7. The highest BCUT2D eigenvalue weighted by Crippen LogP contribution is 2.18. The van der Waals surface area contributed by atoms with E-state index in [9.17, 15) is 14.4 Å². The molecule has 0 fully saturated rings. The molecule has 0 bridgehead atoms. The lowest BCUT2D eigenvalue weighted by Gasteiger charge is -2.17. The Morgan fingerprint density at radius 1 is 1.38 bits per heavy atom. The van der Waals surface area contributed by atoms with E-state index in [4.69, 9.17) is 0 Å². The molecular formula is C13H14IN3O3S. The van der Waals surface area contributed by atoms with Crippen LogP contribution in [0.15, 0.2) is 27.2 Å². The number of hydrogen-bond donors (Lipinski definition) is 0. The fourth-order valence-corrected chi connectivity index (χ4v) is 3.28. The number of halogens is 1. The Hall–Kier alpha value is -1.42. The molecule has 0 aliphatic heterocycles. The van der Waals surface area contributed by atoms with Crippen molar-refractivity contribution in [2.24, 2.45) is 14.1 Å². The van der Waals surface area contributed by atoms with Gasteiger partial charge in [-0.1, -0.05) is 0 Å². The number of aryl methyl sites for hydroxylation is 1. The van der Waals surface area contributed by atoms with Crippen LogP contribution in [-0.4, -0.2) is 27.0 Å². The summed E-state index contributed by atoms with van der Waals surface area (Å²) in [6.07, 6.45) is 1.48. The van der Waals surface area contributed by atoms with Gasteiger partial charge in [0.2, 0.25) is 0 Å². The molecular weight excluding hydrogens is 405 g/mol. The first-order chi connectivity index (χ1) is 9.81. The topological polar surface area (TPSA) is 64.3 Å². The minimum Gasteiger partial charge on any atom is -0.337 e. The van der Waals surface area contributed by atoms with Crippen molar-refractivity contribution in [2.75, 3.05) is 7.05 Å². The van der Waals surface area contributed by atoms with Gasteiger partial charge in [-0.3, -0.25) is 14.2 Å². The molecule has 2 aromatic heterocycles. The molecule has 0 radical (unpaired) electrons. The standard InChI is InChI=1S/C13H14IN3O3S/c1-15(11(18)8-4-10(14)21-7-8)5-9-6-16(2)13(20)17(3)12(9)19/h4,6-7H,5H2,1-3H3. The van der Waals surface area contributed by atoms with E-state index in [-0.39, 0.29) is 23.7 Å². The van der Waals surface area contributed by atoms with Gasteiger partial charge in [-0.05, 0) is 28.7 Å². The van der Waals surface area contributed by atoms with Gasteiger partial charge >= 0.3 is 5.69 Å². The average molecular weight is 419 g/mol. The van der Waals surface area contributed by atoms with Crippen molar-refractivity contribution in [3.63, 3.8) is 0 Å². The molecule has 0 aliphatic carbocycles. The molecule has 0 aromatic carbocycles. The van der Waals surface area contributed by atoms with Crippen molar-refractivity contribution < 1.29 is 4.79 Å². The summed E-state index contributed by atoms with van der Waals surface area (Å²) in [5, 5.41) is 1.79. The molecule has 0 spiro atoms. The van der Waals surface area contributed by atoms with Crippen LogP contribution in [0.3, 0.4) is 0 Å². The number of thiophene rings is 1. The number of amides is 1. The van der Waals surface area contributed by atoms with E-state index in [1.165, 1.54) is 34.0 Å². The van der Waals surface area contributed by atoms with Crippen LogP contribution >= 0.6 is 33.9 Å². The third-order valence-electron chi connectivity index (χ3n) is 3.09. The lowest BCUT2D eigenvalue weighted by Crippen LogP contribution is -2.40. The molecule has 0 unspecified atom stereocenters. The summed E-state index contributed by atoms with van der Waals surface area (Å²) < 4.78 is 3.41. The Morgan fingerprint density at radius 3 is 2.62 bits per heavy atom. The Bertz CT molecular complexity index is 806. The van der Waals surface area contributed by atoms with Crippen LogP contribution in [0.5, 0.6) is 0 Å². The summed E-state index contributed by atoms with van der Waals surface area (Å²) in [4.78, 5) is 37.4. The number of nitrogens with zero attached hydrogens (tertiary/aromatic N) is 3. The Labute approximate surface area is 138 Å². The number of rotatable bonds is 3. The average Bonchev–Trinajstić information content (AvgIpc) is 2.88. The summed E-state index contributed by atoms with van der Waals surface area (Å²) in [5.41, 5.74) is 0.247. The third-order valence-corrected chi connectivity index (χ3v) is 4.88. The predicted octanol–water partition coefficient (Wildman–Crippen LogP) is 1.02. The SMILES string of the molecule is CN(Cc1cn(C)c(=O)n(C)c1=O)C(=O)c1csc(I)c1. The fraction of sp³-hybridized carbons (Fsp3) is 0.308. The fourth-order valence-electron chi connectivity index (χ4n) is 1.96. The van der Waals surface area contributed by atoms with E-state index in [1.807, 2.05) is 6.07 Å². The van der Waals surface area contributed by atoms with Gasteiger partial charge in [-0.2, -0.15) is 0 Å². The zero-order valence-electron chi connectivity index (χ0n) is 11.8. The molecule has 0 saturated carbocycles. The van der Waals surface area contributed by atoms with Gasteiger partial charge in [0.05, 0.1) is 20.6 Å². The van der Waals surface area contributed by atoms with Crippen molar-refractivity contribution in [1.29, 1.82) is 0 Å². The summed E-state index contributed by atoms with van der Waals surface area (Å²) in [7, 11) is 4.64. The van der Waals surface area contributed by atoms with Crippen LogP contribution in [0.25, 0.3) is 0 Å². The second kappa shape index (κ2) is 6.14. The van der Waals surface area contributed by atoms with Crippen LogP contribution in [0.2, 0.25) is 0 Å². The zero-order valence-corrected chi connectivity index (χ0v) is 14.8. The minimum atomic E-state index is -0.384. The Balaban J connectivity index is 2.28. The van der Waals surface area contributed by atoms with Gasteiger partial charge in [0.15, 0.2) is 0 Å². The van der Waals surface area contributed by atoms with E-state index >= 15 is 0 Å². The Kier molecular flexibility index (Phi) is 4.67. The molecule has 112 valence electrons. The van der Waals surface area contributed by atoms with Gasteiger partial charge in [0.1, 0.15) is 0 Å². The van der Waals surface area contributed by atoms with E-state index in [1.54, 1.807) is 19.5 Å². The van der Waals surface area contributed by atoms with Crippen molar-refractivity contribution in [3.05, 3.63) is 52.5 Å². The van der Waals surface area contributed by atoms with Crippen molar-refractivity contribution >= 4 is 39.8 Å². The van der Waals surface area contributed by atoms with Crippen LogP contribution < -0.4 is 11.2 Å². The molecule has 8 heteroatoms. The molecule has 0 aliphatic rings. The van der Waals surface area contributed by atoms with Crippen molar-refractivity contribution in [2.45, 2.75) is 6.54 Å². The maximum atomic E-state index is 12.3. The van der Waals surface area contributed by atoms with Crippen molar-refractivity contribution in [1.82, 2.24) is 14.0 Å². The van der Waals surface area contributed by atoms with E-state index in [0.717, 1.165) is 7.45 Å². The lowest BCUT2D eigenvalue weighted by molar-refractivity contribution is 0.0784. The van der Waals surface area contributed by atoms with Gasteiger partial charge < -0.3 is 9.47 Å². The second-order valence-corrected chi connectivity index (χ2v) is 7.52. The van der Waals surface area contributed by atoms with Gasteiger partial charge in [0.25, 0.3) is 11.5 Å². The number of carbonyl (C=O) groups excluding carboxylic acids is 1. The summed E-state index contributed by atoms with van der Waals surface area (Å²) in [6, 6.07) is 1.81. The highest BCUT2D eigenvalue weighted by atomic mass is 127. The summed E-state index contributed by atoms with van der Waals surface area (Å²) in [6.45, 7) is 0.159. The van der Waals surface area contributed by atoms with Gasteiger partial charge in [-0.15, -0.1) is 11.3 Å². The summed E-state index contributed by atoms with van der Waals surface area (Å²) in [5.74, 6) is -0.148. The molecule has 2 heterocycles. The first-order valence-corrected chi connectivity index (χ1v) is 8.02. The number of hydrogen-bond acceptors (Lipinski definition) is 4. The highest BCUT2D eigenvalue weighted by Gasteiger charge is 2.16. The first kappa shape index (κ1) is 16.0. The smallest absolute Gasteiger partial charge is 0.330 e. The molecule has 0 N–H and O–H groups in total. The van der Waals surface area contributed by atoms with E-state index in [2.05, 4.69) is 22.6 Å². The van der Waals surface area contributed by atoms with Crippen LogP contribution in [0, 0.1) is 2.88 Å². The minimum absolute atomic E-state index is 0.148. The molecule has 6 nitrogen and oxygen atoms in total. The third kappa shape index (κ3) is 3.26. The largest absolute Gasteiger partial charge is 0.337 e. The molecule has 0 atom stereocenters. The normalized spacial score (nSPS) is 10.7. The number of aromatic nitrogens is 2. The maximum Gasteiger partial charge on any atom is 0.330 e. The van der Waals surface area contributed by atoms with E-state index in [0.29, 0.717) is 11.1 Å². The first-order valence-electron chi connectivity index (χ1n) is 6.06. The molecule has 2 rings (SSSR count).